The van der Waals surface area contributed by atoms with E-state index in [2.05, 4.69) is 21.8 Å². The third-order valence-electron chi connectivity index (χ3n) is 7.35. The first-order chi connectivity index (χ1) is 14.4. The van der Waals surface area contributed by atoms with Crippen LogP contribution in [0.25, 0.3) is 10.2 Å². The molecule has 162 valence electrons. The van der Waals surface area contributed by atoms with Crippen LogP contribution in [0.3, 0.4) is 0 Å². The number of benzene rings is 1. The molecule has 8 heteroatoms. The van der Waals surface area contributed by atoms with E-state index in [4.69, 9.17) is 5.73 Å². The molecule has 7 nitrogen and oxygen atoms in total. The number of likely N-dealkylation sites (N-methyl/N-ethyl adjacent to an activating group) is 1. The molecule has 0 unspecified atom stereocenters. The lowest BCUT2D eigenvalue weighted by molar-refractivity contribution is -0.0249. The van der Waals surface area contributed by atoms with Crippen LogP contribution < -0.4 is 5.73 Å². The Bertz CT molecular complexity index is 954. The van der Waals surface area contributed by atoms with Gasteiger partial charge in [0.15, 0.2) is 5.13 Å². The molecule has 3 aliphatic rings. The van der Waals surface area contributed by atoms with E-state index < -0.39 is 0 Å². The maximum absolute atomic E-state index is 13.3. The first-order valence-electron chi connectivity index (χ1n) is 11.0. The number of nitrogens with zero attached hydrogens (tertiary/aromatic N) is 4. The minimum atomic E-state index is -0.288. The van der Waals surface area contributed by atoms with E-state index in [9.17, 15) is 9.90 Å². The molecule has 3 N–H and O–H groups in total. The largest absolute Gasteiger partial charge is 0.391 e. The van der Waals surface area contributed by atoms with Gasteiger partial charge in [0.25, 0.3) is 5.91 Å². The number of aromatic nitrogens is 1. The minimum absolute atomic E-state index is 0.0898. The highest BCUT2D eigenvalue weighted by molar-refractivity contribution is 7.22. The Labute approximate surface area is 181 Å². The Hall–Kier alpha value is -1.74. The van der Waals surface area contributed by atoms with Crippen LogP contribution in [-0.2, 0) is 0 Å². The molecule has 0 bridgehead atoms. The molecule has 1 amide bonds. The smallest absolute Gasteiger partial charge is 0.253 e. The zero-order valence-electron chi connectivity index (χ0n) is 17.8. The summed E-state index contributed by atoms with van der Waals surface area (Å²) in [6.45, 7) is 7.70. The standard InChI is InChI=1S/C22H31N5O2S/c1-13-7-14(10-19-20(13)24-22(23)30-19)21(29)27-11-15-8-17(18(28)9-16(15)12-27)26-5-3-25(2)4-6-26/h7,10,15-18,28H,3-6,8-9,11-12H2,1-2H3,(H2,23,24)/t15-,16+,17-,18-/m1/s1. The van der Waals surface area contributed by atoms with E-state index in [1.807, 2.05) is 24.0 Å². The van der Waals surface area contributed by atoms with E-state index in [1.165, 1.54) is 11.3 Å². The van der Waals surface area contributed by atoms with Crippen LogP contribution in [0.2, 0.25) is 0 Å². The second-order valence-corrected chi connectivity index (χ2v) is 10.4. The van der Waals surface area contributed by atoms with Gasteiger partial charge < -0.3 is 20.6 Å². The van der Waals surface area contributed by atoms with Gasteiger partial charge in [-0.1, -0.05) is 11.3 Å². The summed E-state index contributed by atoms with van der Waals surface area (Å²) >= 11 is 1.43. The van der Waals surface area contributed by atoms with E-state index >= 15 is 0 Å². The Kier molecular flexibility index (Phi) is 5.21. The number of carbonyl (C=O) groups is 1. The van der Waals surface area contributed by atoms with Gasteiger partial charge in [0.05, 0.1) is 16.3 Å². The monoisotopic (exact) mass is 429 g/mol. The van der Waals surface area contributed by atoms with Crippen molar-refractivity contribution >= 4 is 32.6 Å². The lowest BCUT2D eigenvalue weighted by Crippen LogP contribution is -2.55. The van der Waals surface area contributed by atoms with Crippen molar-refractivity contribution in [2.45, 2.75) is 31.9 Å². The van der Waals surface area contributed by atoms with Gasteiger partial charge in [0.1, 0.15) is 0 Å². The summed E-state index contributed by atoms with van der Waals surface area (Å²) in [5, 5.41) is 11.4. The van der Waals surface area contributed by atoms with Crippen LogP contribution in [0.15, 0.2) is 12.1 Å². The van der Waals surface area contributed by atoms with Crippen molar-refractivity contribution in [3.63, 3.8) is 0 Å². The number of amides is 1. The van der Waals surface area contributed by atoms with Crippen molar-refractivity contribution in [2.24, 2.45) is 11.8 Å². The highest BCUT2D eigenvalue weighted by Crippen LogP contribution is 2.39. The van der Waals surface area contributed by atoms with E-state index in [1.54, 1.807) is 0 Å². The van der Waals surface area contributed by atoms with Gasteiger partial charge in [0, 0.05) is 50.9 Å². The van der Waals surface area contributed by atoms with Crippen molar-refractivity contribution in [1.82, 2.24) is 19.7 Å². The maximum Gasteiger partial charge on any atom is 0.253 e. The topological polar surface area (TPSA) is 85.9 Å². The van der Waals surface area contributed by atoms with Crippen molar-refractivity contribution in [1.29, 1.82) is 0 Å². The number of thiazole rings is 1. The molecule has 2 aliphatic heterocycles. The first kappa shape index (κ1) is 20.2. The number of fused-ring (bicyclic) bond motifs is 2. The number of hydrogen-bond acceptors (Lipinski definition) is 7. The van der Waals surface area contributed by atoms with Crippen molar-refractivity contribution in [3.05, 3.63) is 23.3 Å². The zero-order valence-corrected chi connectivity index (χ0v) is 18.6. The molecule has 5 rings (SSSR count). The minimum Gasteiger partial charge on any atom is -0.391 e. The van der Waals surface area contributed by atoms with Gasteiger partial charge in [-0.25, -0.2) is 4.98 Å². The van der Waals surface area contributed by atoms with Gasteiger partial charge in [-0.2, -0.15) is 0 Å². The molecule has 1 aromatic heterocycles. The number of aliphatic hydroxyl groups excluding tert-OH is 1. The quantitative estimate of drug-likeness (QED) is 0.755. The van der Waals surface area contributed by atoms with E-state index in [-0.39, 0.29) is 18.1 Å². The van der Waals surface area contributed by atoms with E-state index in [0.29, 0.717) is 17.0 Å². The van der Waals surface area contributed by atoms with Gasteiger partial charge in [0.2, 0.25) is 0 Å². The number of aryl methyl sites for hydroxylation is 1. The van der Waals surface area contributed by atoms with Crippen LogP contribution in [0.4, 0.5) is 5.13 Å². The summed E-state index contributed by atoms with van der Waals surface area (Å²) in [5.41, 5.74) is 8.47. The summed E-state index contributed by atoms with van der Waals surface area (Å²) in [7, 11) is 2.16. The second-order valence-electron chi connectivity index (χ2n) is 9.37. The molecule has 1 aromatic carbocycles. The number of nitrogen functional groups attached to an aromatic ring is 1. The van der Waals surface area contributed by atoms with E-state index in [0.717, 1.165) is 73.5 Å². The molecule has 3 heterocycles. The lowest BCUT2D eigenvalue weighted by atomic mass is 9.77. The number of likely N-dealkylation sites (tertiary alicyclic amines) is 1. The highest BCUT2D eigenvalue weighted by Gasteiger charge is 2.45. The molecule has 0 radical (unpaired) electrons. The molecule has 2 aromatic rings. The van der Waals surface area contributed by atoms with Crippen LogP contribution >= 0.6 is 11.3 Å². The highest BCUT2D eigenvalue weighted by atomic mass is 32.1. The molecule has 30 heavy (non-hydrogen) atoms. The van der Waals surface area contributed by atoms with Crippen LogP contribution in [-0.4, -0.2) is 89.2 Å². The Morgan fingerprint density at radius 3 is 2.60 bits per heavy atom. The van der Waals surface area contributed by atoms with Crippen molar-refractivity contribution in [2.75, 3.05) is 52.0 Å². The summed E-state index contributed by atoms with van der Waals surface area (Å²) in [6.07, 6.45) is 1.50. The van der Waals surface area contributed by atoms with Crippen LogP contribution in [0.1, 0.15) is 28.8 Å². The zero-order chi connectivity index (χ0) is 21.0. The van der Waals surface area contributed by atoms with Gasteiger partial charge in [-0.3, -0.25) is 9.69 Å². The molecular formula is C22H31N5O2S. The second kappa shape index (κ2) is 7.75. The number of carbonyl (C=O) groups excluding carboxylic acids is 1. The average Bonchev–Trinajstić information content (AvgIpc) is 3.30. The Balaban J connectivity index is 1.30. The molecule has 4 atom stereocenters. The summed E-state index contributed by atoms with van der Waals surface area (Å²) < 4.78 is 0.970. The summed E-state index contributed by atoms with van der Waals surface area (Å²) in [6, 6.07) is 4.10. The number of nitrogens with two attached hydrogens (primary N) is 1. The predicted molar refractivity (Wildman–Crippen MR) is 120 cm³/mol. The first-order valence-corrected chi connectivity index (χ1v) is 11.8. The molecule has 0 spiro atoms. The summed E-state index contributed by atoms with van der Waals surface area (Å²) in [5.74, 6) is 0.967. The predicted octanol–water partition coefficient (Wildman–Crippen LogP) is 1.65. The fraction of sp³-hybridized carbons (Fsp3) is 0.636. The van der Waals surface area contributed by atoms with Crippen molar-refractivity contribution < 1.29 is 9.90 Å². The van der Waals surface area contributed by atoms with Crippen molar-refractivity contribution in [3.8, 4) is 0 Å². The SMILES string of the molecule is Cc1cc(C(=O)N2C[C@H]3C[C@@H](N4CCN(C)CC4)[C@H](O)C[C@H]3C2)cc2sc(N)nc12. The normalized spacial score (nSPS) is 30.7. The Morgan fingerprint density at radius 2 is 1.87 bits per heavy atom. The lowest BCUT2D eigenvalue weighted by Gasteiger charge is -2.44. The maximum atomic E-state index is 13.3. The number of aliphatic hydroxyl groups is 1. The molecule has 1 saturated carbocycles. The van der Waals surface area contributed by atoms with Gasteiger partial charge >= 0.3 is 0 Å². The number of piperazine rings is 1. The molecule has 2 saturated heterocycles. The van der Waals surface area contributed by atoms with Crippen LogP contribution in [0, 0.1) is 18.8 Å². The fourth-order valence-corrected chi connectivity index (χ4v) is 6.49. The molecular weight excluding hydrogens is 398 g/mol. The van der Waals surface area contributed by atoms with Gasteiger partial charge in [-0.05, 0) is 56.3 Å². The third kappa shape index (κ3) is 3.60. The third-order valence-corrected chi connectivity index (χ3v) is 8.18. The number of anilines is 1. The number of hydrogen-bond donors (Lipinski definition) is 2. The fourth-order valence-electron chi connectivity index (χ4n) is 5.64. The molecule has 3 fully saturated rings. The van der Waals surface area contributed by atoms with Gasteiger partial charge in [-0.15, -0.1) is 0 Å². The van der Waals surface area contributed by atoms with Crippen LogP contribution in [0.5, 0.6) is 0 Å². The Morgan fingerprint density at radius 1 is 1.17 bits per heavy atom. The summed E-state index contributed by atoms with van der Waals surface area (Å²) in [4.78, 5) is 24.5. The molecule has 1 aliphatic carbocycles. The average molecular weight is 430 g/mol. The number of rotatable bonds is 2.